The lowest BCUT2D eigenvalue weighted by Gasteiger charge is -2.15. The second kappa shape index (κ2) is 8.64. The number of carbonyl (C=O) groups is 1. The number of nitrogens with one attached hydrogen (secondary N) is 3. The fourth-order valence-corrected chi connectivity index (χ4v) is 3.02. The molecule has 0 bridgehead atoms. The van der Waals surface area contributed by atoms with Gasteiger partial charge in [0.05, 0.1) is 5.69 Å². The molecule has 0 saturated carbocycles. The molecular formula is C22H26N4O. The normalized spacial score (nSPS) is 12.0. The van der Waals surface area contributed by atoms with Crippen molar-refractivity contribution in [3.8, 4) is 11.3 Å². The van der Waals surface area contributed by atoms with Gasteiger partial charge in [0, 0.05) is 30.9 Å². The van der Waals surface area contributed by atoms with E-state index in [-0.39, 0.29) is 11.9 Å². The SMILES string of the molecule is Cc1ccc(NC(=O)CC(C)NCc2ccc(-c3ccn[nH]3)cc2)c(C)c1. The predicted octanol–water partition coefficient (Wildman–Crippen LogP) is 4.20. The van der Waals surface area contributed by atoms with Crippen LogP contribution in [-0.2, 0) is 11.3 Å². The summed E-state index contributed by atoms with van der Waals surface area (Å²) in [5, 5.41) is 13.3. The van der Waals surface area contributed by atoms with Gasteiger partial charge < -0.3 is 10.6 Å². The van der Waals surface area contributed by atoms with Gasteiger partial charge in [0.1, 0.15) is 0 Å². The van der Waals surface area contributed by atoms with Crippen LogP contribution >= 0.6 is 0 Å². The molecule has 1 heterocycles. The topological polar surface area (TPSA) is 69.8 Å². The summed E-state index contributed by atoms with van der Waals surface area (Å²) in [5.74, 6) is 0.0246. The van der Waals surface area contributed by atoms with Crippen LogP contribution < -0.4 is 10.6 Å². The lowest BCUT2D eigenvalue weighted by atomic mass is 10.1. The first-order valence-electron chi connectivity index (χ1n) is 9.20. The summed E-state index contributed by atoms with van der Waals surface area (Å²) in [4.78, 5) is 12.3. The number of benzene rings is 2. The molecule has 2 aromatic carbocycles. The van der Waals surface area contributed by atoms with Crippen LogP contribution in [0.5, 0.6) is 0 Å². The Morgan fingerprint density at radius 3 is 2.56 bits per heavy atom. The van der Waals surface area contributed by atoms with Crippen molar-refractivity contribution in [2.45, 2.75) is 39.8 Å². The highest BCUT2D eigenvalue weighted by molar-refractivity contribution is 5.91. The van der Waals surface area contributed by atoms with Gasteiger partial charge in [0.25, 0.3) is 0 Å². The minimum Gasteiger partial charge on any atom is -0.326 e. The van der Waals surface area contributed by atoms with Crippen molar-refractivity contribution in [1.29, 1.82) is 0 Å². The van der Waals surface area contributed by atoms with Gasteiger partial charge in [-0.25, -0.2) is 0 Å². The van der Waals surface area contributed by atoms with E-state index in [4.69, 9.17) is 0 Å². The first-order chi connectivity index (χ1) is 13.0. The second-order valence-electron chi connectivity index (χ2n) is 7.02. The van der Waals surface area contributed by atoms with E-state index in [9.17, 15) is 4.79 Å². The molecule has 1 aromatic heterocycles. The molecule has 1 amide bonds. The Kier molecular flexibility index (Phi) is 6.04. The van der Waals surface area contributed by atoms with E-state index in [1.54, 1.807) is 6.20 Å². The van der Waals surface area contributed by atoms with Crippen molar-refractivity contribution in [2.75, 3.05) is 5.32 Å². The van der Waals surface area contributed by atoms with Gasteiger partial charge in [0.15, 0.2) is 0 Å². The van der Waals surface area contributed by atoms with Gasteiger partial charge in [-0.1, -0.05) is 42.0 Å². The molecule has 0 aliphatic rings. The van der Waals surface area contributed by atoms with Crippen molar-refractivity contribution in [3.63, 3.8) is 0 Å². The summed E-state index contributed by atoms with van der Waals surface area (Å²) in [6, 6.07) is 16.4. The van der Waals surface area contributed by atoms with E-state index in [2.05, 4.69) is 51.2 Å². The molecular weight excluding hydrogens is 336 g/mol. The third-order valence-electron chi connectivity index (χ3n) is 4.57. The predicted molar refractivity (Wildman–Crippen MR) is 109 cm³/mol. The highest BCUT2D eigenvalue weighted by Crippen LogP contribution is 2.17. The smallest absolute Gasteiger partial charge is 0.225 e. The number of nitrogens with zero attached hydrogens (tertiary/aromatic N) is 1. The van der Waals surface area contributed by atoms with Crippen LogP contribution in [0.25, 0.3) is 11.3 Å². The van der Waals surface area contributed by atoms with Crippen molar-refractivity contribution in [2.24, 2.45) is 0 Å². The molecule has 0 aliphatic heterocycles. The minimum atomic E-state index is 0.0246. The lowest BCUT2D eigenvalue weighted by molar-refractivity contribution is -0.116. The van der Waals surface area contributed by atoms with Gasteiger partial charge in [0.2, 0.25) is 5.91 Å². The highest BCUT2D eigenvalue weighted by atomic mass is 16.1. The average Bonchev–Trinajstić information content (AvgIpc) is 3.17. The number of carbonyl (C=O) groups excluding carboxylic acids is 1. The molecule has 0 saturated heterocycles. The van der Waals surface area contributed by atoms with Crippen LogP contribution in [0.2, 0.25) is 0 Å². The summed E-state index contributed by atoms with van der Waals surface area (Å²) in [5.41, 5.74) is 6.45. The number of rotatable bonds is 7. The van der Waals surface area contributed by atoms with Gasteiger partial charge in [-0.05, 0) is 49.6 Å². The zero-order chi connectivity index (χ0) is 19.2. The van der Waals surface area contributed by atoms with Crippen molar-refractivity contribution in [1.82, 2.24) is 15.5 Å². The molecule has 1 atom stereocenters. The molecule has 0 radical (unpaired) electrons. The summed E-state index contributed by atoms with van der Waals surface area (Å²) >= 11 is 0. The Bertz CT molecular complexity index is 885. The molecule has 27 heavy (non-hydrogen) atoms. The number of hydrogen-bond donors (Lipinski definition) is 3. The quantitative estimate of drug-likeness (QED) is 0.590. The summed E-state index contributed by atoms with van der Waals surface area (Å²) in [7, 11) is 0. The molecule has 0 aliphatic carbocycles. The van der Waals surface area contributed by atoms with Crippen LogP contribution in [0.15, 0.2) is 54.7 Å². The van der Waals surface area contributed by atoms with E-state index in [0.717, 1.165) is 29.1 Å². The Balaban J connectivity index is 1.47. The van der Waals surface area contributed by atoms with E-state index in [1.165, 1.54) is 11.1 Å². The Morgan fingerprint density at radius 1 is 1.11 bits per heavy atom. The van der Waals surface area contributed by atoms with Gasteiger partial charge in [-0.3, -0.25) is 9.89 Å². The first-order valence-corrected chi connectivity index (χ1v) is 9.20. The van der Waals surface area contributed by atoms with Crippen LogP contribution in [0.4, 0.5) is 5.69 Å². The van der Waals surface area contributed by atoms with E-state index in [1.807, 2.05) is 39.0 Å². The lowest BCUT2D eigenvalue weighted by Crippen LogP contribution is -2.30. The van der Waals surface area contributed by atoms with Gasteiger partial charge >= 0.3 is 0 Å². The summed E-state index contributed by atoms with van der Waals surface area (Å²) in [6.45, 7) is 6.81. The first kappa shape index (κ1) is 18.9. The third-order valence-corrected chi connectivity index (χ3v) is 4.57. The number of hydrogen-bond acceptors (Lipinski definition) is 3. The molecule has 5 heteroatoms. The summed E-state index contributed by atoms with van der Waals surface area (Å²) < 4.78 is 0. The van der Waals surface area contributed by atoms with E-state index < -0.39 is 0 Å². The molecule has 140 valence electrons. The van der Waals surface area contributed by atoms with Crippen LogP contribution in [0, 0.1) is 13.8 Å². The number of aromatic amines is 1. The fraction of sp³-hybridized carbons (Fsp3) is 0.273. The van der Waals surface area contributed by atoms with Crippen molar-refractivity contribution < 1.29 is 4.79 Å². The fourth-order valence-electron chi connectivity index (χ4n) is 3.02. The van der Waals surface area contributed by atoms with Crippen LogP contribution in [0.3, 0.4) is 0 Å². The van der Waals surface area contributed by atoms with E-state index >= 15 is 0 Å². The molecule has 3 rings (SSSR count). The number of aryl methyl sites for hydroxylation is 2. The third kappa shape index (κ3) is 5.28. The molecule has 0 fully saturated rings. The number of amides is 1. The zero-order valence-electron chi connectivity index (χ0n) is 16.0. The van der Waals surface area contributed by atoms with Crippen molar-refractivity contribution >= 4 is 11.6 Å². The molecule has 1 unspecified atom stereocenters. The number of anilines is 1. The van der Waals surface area contributed by atoms with Gasteiger partial charge in [-0.2, -0.15) is 5.10 Å². The Morgan fingerprint density at radius 2 is 1.89 bits per heavy atom. The maximum atomic E-state index is 12.3. The zero-order valence-corrected chi connectivity index (χ0v) is 16.0. The monoisotopic (exact) mass is 362 g/mol. The average molecular weight is 362 g/mol. The molecule has 5 nitrogen and oxygen atoms in total. The standard InChI is InChI=1S/C22H26N4O/c1-15-4-9-20(16(2)12-15)25-22(27)13-17(3)23-14-18-5-7-19(8-6-18)21-10-11-24-26-21/h4-12,17,23H,13-14H2,1-3H3,(H,24,26)(H,25,27). The number of H-pyrrole nitrogens is 1. The maximum Gasteiger partial charge on any atom is 0.225 e. The Labute approximate surface area is 160 Å². The highest BCUT2D eigenvalue weighted by Gasteiger charge is 2.10. The van der Waals surface area contributed by atoms with E-state index in [0.29, 0.717) is 6.42 Å². The molecule has 0 spiro atoms. The van der Waals surface area contributed by atoms with Crippen LogP contribution in [-0.4, -0.2) is 22.1 Å². The largest absolute Gasteiger partial charge is 0.326 e. The van der Waals surface area contributed by atoms with Gasteiger partial charge in [-0.15, -0.1) is 0 Å². The van der Waals surface area contributed by atoms with Crippen LogP contribution in [0.1, 0.15) is 30.0 Å². The molecule has 3 aromatic rings. The van der Waals surface area contributed by atoms with Crippen molar-refractivity contribution in [3.05, 3.63) is 71.4 Å². The minimum absolute atomic E-state index is 0.0246. The number of aromatic nitrogens is 2. The maximum absolute atomic E-state index is 12.3. The second-order valence-corrected chi connectivity index (χ2v) is 7.02. The summed E-state index contributed by atoms with van der Waals surface area (Å²) in [6.07, 6.45) is 2.18. The Hall–Kier alpha value is -2.92. The molecule has 3 N–H and O–H groups in total.